The van der Waals surface area contributed by atoms with Crippen LogP contribution in [0.5, 0.6) is 5.88 Å². The van der Waals surface area contributed by atoms with Crippen LogP contribution in [0.2, 0.25) is 0 Å². The zero-order chi connectivity index (χ0) is 23.6. The molecule has 4 aromatic rings. The summed E-state index contributed by atoms with van der Waals surface area (Å²) in [6, 6.07) is 12.7. The Morgan fingerprint density at radius 1 is 1.15 bits per heavy atom. The van der Waals surface area contributed by atoms with E-state index in [1.165, 1.54) is 12.3 Å². The van der Waals surface area contributed by atoms with Gasteiger partial charge in [0, 0.05) is 11.8 Å². The first-order chi connectivity index (χ1) is 15.8. The van der Waals surface area contributed by atoms with Crippen LogP contribution in [0.25, 0.3) is 17.0 Å². The van der Waals surface area contributed by atoms with Crippen molar-refractivity contribution in [3.63, 3.8) is 0 Å². The third kappa shape index (κ3) is 4.60. The highest BCUT2D eigenvalue weighted by molar-refractivity contribution is 7.92. The summed E-state index contributed by atoms with van der Waals surface area (Å²) in [5.74, 6) is 0.470. The molecule has 0 amide bonds. The van der Waals surface area contributed by atoms with Crippen LogP contribution >= 0.6 is 0 Å². The molecular weight excluding hydrogens is 446 g/mol. The number of aromatic amines is 1. The number of fused-ring (bicyclic) bond motifs is 1. The first-order valence-corrected chi connectivity index (χ1v) is 11.9. The van der Waals surface area contributed by atoms with Crippen molar-refractivity contribution in [1.29, 1.82) is 0 Å². The predicted molar refractivity (Wildman–Crippen MR) is 124 cm³/mol. The van der Waals surface area contributed by atoms with Crippen LogP contribution in [-0.4, -0.2) is 40.6 Å². The van der Waals surface area contributed by atoms with Crippen molar-refractivity contribution in [2.24, 2.45) is 10.2 Å². The molecule has 0 fully saturated rings. The summed E-state index contributed by atoms with van der Waals surface area (Å²) in [5, 5.41) is 8.16. The summed E-state index contributed by atoms with van der Waals surface area (Å²) in [4.78, 5) is 24.1. The molecule has 0 bridgehead atoms. The van der Waals surface area contributed by atoms with Crippen LogP contribution in [0.3, 0.4) is 0 Å². The van der Waals surface area contributed by atoms with Gasteiger partial charge in [-0.25, -0.2) is 18.4 Å². The van der Waals surface area contributed by atoms with Gasteiger partial charge in [-0.3, -0.25) is 18.9 Å². The molecule has 0 saturated heterocycles. The first kappa shape index (κ1) is 22.1. The van der Waals surface area contributed by atoms with E-state index in [1.54, 1.807) is 17.4 Å². The molecule has 0 aliphatic heterocycles. The van der Waals surface area contributed by atoms with Crippen LogP contribution in [-0.2, 0) is 10.0 Å². The molecule has 33 heavy (non-hydrogen) atoms. The van der Waals surface area contributed by atoms with Gasteiger partial charge in [-0.2, -0.15) is 0 Å². The van der Waals surface area contributed by atoms with E-state index in [9.17, 15) is 13.2 Å². The number of imidazole rings is 1. The van der Waals surface area contributed by atoms with Crippen molar-refractivity contribution < 1.29 is 13.2 Å². The second-order valence-electron chi connectivity index (χ2n) is 7.06. The number of azo groups is 1. The zero-order valence-electron chi connectivity index (χ0n) is 18.1. The summed E-state index contributed by atoms with van der Waals surface area (Å²) in [5.41, 5.74) is 1.81. The Balaban J connectivity index is 1.87. The Morgan fingerprint density at radius 3 is 2.61 bits per heavy atom. The molecule has 12 heteroatoms. The molecular formula is C21H21N7O4S. The van der Waals surface area contributed by atoms with Gasteiger partial charge in [0.1, 0.15) is 5.69 Å². The van der Waals surface area contributed by atoms with E-state index in [1.807, 2.05) is 37.3 Å². The van der Waals surface area contributed by atoms with Gasteiger partial charge in [-0.05, 0) is 26.0 Å². The summed E-state index contributed by atoms with van der Waals surface area (Å²) < 4.78 is 33.0. The number of aryl methyl sites for hydroxylation is 1. The smallest absolute Gasteiger partial charge is 0.284 e. The van der Waals surface area contributed by atoms with Crippen LogP contribution in [0, 0.1) is 6.92 Å². The maximum atomic E-state index is 12.9. The highest BCUT2D eigenvalue weighted by Crippen LogP contribution is 2.32. The standard InChI is InChI=1S/C21H21N7O4S/c1-4-32-20-17(26-25-15-11-8-12-22-18(15)27-33(3,30)31)19(29)24-21-23-16(13(2)28(20)21)14-9-6-5-7-10-14/h5-12H,4H2,1-3H3,(H,22,27)(H,23,24,29). The fourth-order valence-electron chi connectivity index (χ4n) is 3.26. The Kier molecular flexibility index (Phi) is 5.92. The number of rotatable bonds is 7. The van der Waals surface area contributed by atoms with Crippen LogP contribution in [0.15, 0.2) is 63.7 Å². The number of nitrogens with one attached hydrogen (secondary N) is 2. The number of aromatic nitrogens is 4. The number of pyridine rings is 1. The lowest BCUT2D eigenvalue weighted by Crippen LogP contribution is -2.13. The van der Waals surface area contributed by atoms with Crippen molar-refractivity contribution >= 4 is 33.0 Å². The van der Waals surface area contributed by atoms with Gasteiger partial charge in [0.25, 0.3) is 5.56 Å². The van der Waals surface area contributed by atoms with Gasteiger partial charge in [0.15, 0.2) is 5.82 Å². The third-order valence-electron chi connectivity index (χ3n) is 4.61. The van der Waals surface area contributed by atoms with Crippen LogP contribution in [0.1, 0.15) is 12.6 Å². The SMILES string of the molecule is CCOc1c(N=Nc2cccnc2NS(C)(=O)=O)c(=O)[nH]c2nc(-c3ccccc3)c(C)n12. The van der Waals surface area contributed by atoms with Crippen molar-refractivity contribution in [3.05, 3.63) is 64.7 Å². The lowest BCUT2D eigenvalue weighted by Gasteiger charge is -2.10. The molecule has 0 saturated carbocycles. The van der Waals surface area contributed by atoms with Gasteiger partial charge >= 0.3 is 0 Å². The Morgan fingerprint density at radius 2 is 1.91 bits per heavy atom. The fraction of sp³-hybridized carbons (Fsp3) is 0.190. The molecule has 11 nitrogen and oxygen atoms in total. The highest BCUT2D eigenvalue weighted by atomic mass is 32.2. The van der Waals surface area contributed by atoms with Gasteiger partial charge in [-0.1, -0.05) is 30.3 Å². The predicted octanol–water partition coefficient (Wildman–Crippen LogP) is 3.58. The average Bonchev–Trinajstić information content (AvgIpc) is 3.10. The molecule has 0 unspecified atom stereocenters. The molecule has 170 valence electrons. The maximum Gasteiger partial charge on any atom is 0.284 e. The summed E-state index contributed by atoms with van der Waals surface area (Å²) in [7, 11) is -3.58. The van der Waals surface area contributed by atoms with Crippen molar-refractivity contribution in [2.45, 2.75) is 13.8 Å². The lowest BCUT2D eigenvalue weighted by atomic mass is 10.1. The minimum Gasteiger partial charge on any atom is -0.477 e. The molecule has 0 spiro atoms. The number of benzene rings is 1. The lowest BCUT2D eigenvalue weighted by molar-refractivity contribution is 0.322. The Hall–Kier alpha value is -4.06. The molecule has 0 atom stereocenters. The average molecular weight is 468 g/mol. The maximum absolute atomic E-state index is 12.9. The molecule has 0 aliphatic rings. The fourth-order valence-corrected chi connectivity index (χ4v) is 3.77. The van der Waals surface area contributed by atoms with E-state index in [4.69, 9.17) is 4.74 Å². The molecule has 4 rings (SSSR count). The molecule has 3 aromatic heterocycles. The quantitative estimate of drug-likeness (QED) is 0.398. The largest absolute Gasteiger partial charge is 0.477 e. The minimum atomic E-state index is -3.58. The molecule has 3 heterocycles. The first-order valence-electron chi connectivity index (χ1n) is 9.96. The molecule has 2 N–H and O–H groups in total. The Labute approximate surface area is 189 Å². The number of H-pyrrole nitrogens is 1. The number of nitrogens with zero attached hydrogens (tertiary/aromatic N) is 5. The monoisotopic (exact) mass is 467 g/mol. The van der Waals surface area contributed by atoms with E-state index < -0.39 is 15.6 Å². The number of hydrogen-bond acceptors (Lipinski definition) is 8. The number of ether oxygens (including phenoxy) is 1. The summed E-state index contributed by atoms with van der Waals surface area (Å²) >= 11 is 0. The second kappa shape index (κ2) is 8.82. The molecule has 1 aromatic carbocycles. The summed E-state index contributed by atoms with van der Waals surface area (Å²) in [6.07, 6.45) is 2.41. The van der Waals surface area contributed by atoms with E-state index in [0.717, 1.165) is 17.5 Å². The highest BCUT2D eigenvalue weighted by Gasteiger charge is 2.20. The van der Waals surface area contributed by atoms with Crippen LogP contribution < -0.4 is 15.0 Å². The van der Waals surface area contributed by atoms with Gasteiger partial charge in [0.2, 0.25) is 27.4 Å². The summed E-state index contributed by atoms with van der Waals surface area (Å²) in [6.45, 7) is 3.92. The van der Waals surface area contributed by atoms with E-state index in [0.29, 0.717) is 11.5 Å². The zero-order valence-corrected chi connectivity index (χ0v) is 18.9. The second-order valence-corrected chi connectivity index (χ2v) is 8.81. The van der Waals surface area contributed by atoms with Crippen LogP contribution in [0.4, 0.5) is 17.2 Å². The van der Waals surface area contributed by atoms with Gasteiger partial charge in [-0.15, -0.1) is 10.2 Å². The third-order valence-corrected chi connectivity index (χ3v) is 5.17. The topological polar surface area (TPSA) is 143 Å². The van der Waals surface area contributed by atoms with E-state index >= 15 is 0 Å². The van der Waals surface area contributed by atoms with E-state index in [-0.39, 0.29) is 29.7 Å². The molecule has 0 radical (unpaired) electrons. The van der Waals surface area contributed by atoms with E-state index in [2.05, 4.69) is 29.9 Å². The van der Waals surface area contributed by atoms with Crippen molar-refractivity contribution in [1.82, 2.24) is 19.4 Å². The number of sulfonamides is 1. The normalized spacial score (nSPS) is 11.8. The number of hydrogen-bond donors (Lipinski definition) is 2. The number of anilines is 1. The van der Waals surface area contributed by atoms with Gasteiger partial charge < -0.3 is 4.74 Å². The Bertz CT molecular complexity index is 1510. The van der Waals surface area contributed by atoms with Crippen molar-refractivity contribution in [2.75, 3.05) is 17.6 Å². The molecule has 0 aliphatic carbocycles. The van der Waals surface area contributed by atoms with Gasteiger partial charge in [0.05, 0.1) is 24.3 Å². The minimum absolute atomic E-state index is 0.00982. The van der Waals surface area contributed by atoms with Crippen molar-refractivity contribution in [3.8, 4) is 17.1 Å².